The van der Waals surface area contributed by atoms with Gasteiger partial charge in [-0.25, -0.2) is 0 Å². The van der Waals surface area contributed by atoms with E-state index in [1.54, 1.807) is 6.92 Å². The third kappa shape index (κ3) is 2.76. The lowest BCUT2D eigenvalue weighted by atomic mass is 9.87. The van der Waals surface area contributed by atoms with Gasteiger partial charge >= 0.3 is 0 Å². The summed E-state index contributed by atoms with van der Waals surface area (Å²) in [6, 6.07) is 0.530. The first-order valence-electron chi connectivity index (χ1n) is 6.77. The summed E-state index contributed by atoms with van der Waals surface area (Å²) in [5.41, 5.74) is 0. The molecule has 2 aliphatic rings. The highest BCUT2D eigenvalue weighted by Crippen LogP contribution is 2.28. The van der Waals surface area contributed by atoms with Gasteiger partial charge in [-0.1, -0.05) is 12.8 Å². The molecule has 2 fully saturated rings. The third-order valence-corrected chi connectivity index (χ3v) is 4.13. The molecule has 16 heavy (non-hydrogen) atoms. The van der Waals surface area contributed by atoms with Gasteiger partial charge in [0.1, 0.15) is 0 Å². The number of carbonyl (C=O) groups is 1. The van der Waals surface area contributed by atoms with Crippen molar-refractivity contribution in [3.05, 3.63) is 0 Å². The van der Waals surface area contributed by atoms with E-state index in [9.17, 15) is 4.79 Å². The van der Waals surface area contributed by atoms with Crippen LogP contribution in [0.4, 0.5) is 0 Å². The molecule has 0 aromatic carbocycles. The van der Waals surface area contributed by atoms with Crippen LogP contribution in [0.2, 0.25) is 0 Å². The number of piperidine rings is 1. The Balaban J connectivity index is 2.03. The first kappa shape index (κ1) is 11.9. The van der Waals surface area contributed by atoms with Crippen molar-refractivity contribution in [1.82, 2.24) is 10.2 Å². The highest BCUT2D eigenvalue weighted by Gasteiger charge is 2.30. The number of likely N-dealkylation sites (tertiary alicyclic amines) is 1. The van der Waals surface area contributed by atoms with Gasteiger partial charge < -0.3 is 10.2 Å². The van der Waals surface area contributed by atoms with Crippen molar-refractivity contribution < 1.29 is 4.79 Å². The molecule has 0 bridgehead atoms. The van der Waals surface area contributed by atoms with Gasteiger partial charge in [-0.3, -0.25) is 4.79 Å². The van der Waals surface area contributed by atoms with Gasteiger partial charge in [-0.15, -0.1) is 0 Å². The monoisotopic (exact) mass is 224 g/mol. The van der Waals surface area contributed by atoms with E-state index in [-0.39, 0.29) is 5.91 Å². The Bertz CT molecular complexity index is 236. The van der Waals surface area contributed by atoms with E-state index in [0.29, 0.717) is 6.04 Å². The van der Waals surface area contributed by atoms with E-state index in [1.165, 1.54) is 38.5 Å². The number of hydrogen-bond acceptors (Lipinski definition) is 2. The van der Waals surface area contributed by atoms with Crippen molar-refractivity contribution in [1.29, 1.82) is 0 Å². The number of rotatable bonds is 1. The summed E-state index contributed by atoms with van der Waals surface area (Å²) in [4.78, 5) is 13.9. The zero-order valence-electron chi connectivity index (χ0n) is 10.4. The highest BCUT2D eigenvalue weighted by atomic mass is 16.2. The second-order valence-corrected chi connectivity index (χ2v) is 5.22. The average Bonchev–Trinajstić information content (AvgIpc) is 2.55. The van der Waals surface area contributed by atoms with Crippen molar-refractivity contribution >= 4 is 5.91 Å². The fourth-order valence-electron chi connectivity index (χ4n) is 3.24. The lowest BCUT2D eigenvalue weighted by Crippen LogP contribution is -2.46. The molecular weight excluding hydrogens is 200 g/mol. The van der Waals surface area contributed by atoms with Crippen LogP contribution in [0.1, 0.15) is 45.4 Å². The average molecular weight is 224 g/mol. The molecule has 1 atom stereocenters. The summed E-state index contributed by atoms with van der Waals surface area (Å²) in [5.74, 6) is 1.02. The predicted octanol–water partition coefficient (Wildman–Crippen LogP) is 1.78. The molecule has 1 N–H and O–H groups in total. The number of carbonyl (C=O) groups excluding carboxylic acids is 1. The maximum Gasteiger partial charge on any atom is 0.219 e. The SMILES string of the molecule is CC(=O)N1CCCCC[C@@H]1C1CCNCC1. The third-order valence-electron chi connectivity index (χ3n) is 4.13. The van der Waals surface area contributed by atoms with E-state index < -0.39 is 0 Å². The van der Waals surface area contributed by atoms with Crippen LogP contribution < -0.4 is 5.32 Å². The highest BCUT2D eigenvalue weighted by molar-refractivity contribution is 5.73. The predicted molar refractivity (Wildman–Crippen MR) is 65.2 cm³/mol. The molecule has 2 aliphatic heterocycles. The van der Waals surface area contributed by atoms with Crippen LogP contribution in [0, 0.1) is 5.92 Å². The number of amides is 1. The first-order valence-corrected chi connectivity index (χ1v) is 6.77. The number of nitrogens with zero attached hydrogens (tertiary/aromatic N) is 1. The topological polar surface area (TPSA) is 32.3 Å². The van der Waals surface area contributed by atoms with Crippen molar-refractivity contribution in [3.63, 3.8) is 0 Å². The Labute approximate surface area is 98.6 Å². The van der Waals surface area contributed by atoms with Crippen LogP contribution >= 0.6 is 0 Å². The zero-order chi connectivity index (χ0) is 11.4. The summed E-state index contributed by atoms with van der Waals surface area (Å²) < 4.78 is 0. The minimum Gasteiger partial charge on any atom is -0.340 e. The normalized spacial score (nSPS) is 28.8. The van der Waals surface area contributed by atoms with E-state index in [0.717, 1.165) is 25.6 Å². The first-order chi connectivity index (χ1) is 7.79. The maximum atomic E-state index is 11.7. The Morgan fingerprint density at radius 2 is 1.88 bits per heavy atom. The molecule has 2 saturated heterocycles. The molecule has 2 rings (SSSR count). The van der Waals surface area contributed by atoms with Gasteiger partial charge in [0.25, 0.3) is 0 Å². The van der Waals surface area contributed by atoms with E-state index >= 15 is 0 Å². The minimum absolute atomic E-state index is 0.283. The van der Waals surface area contributed by atoms with Crippen molar-refractivity contribution in [2.24, 2.45) is 5.92 Å². The number of hydrogen-bond donors (Lipinski definition) is 1. The van der Waals surface area contributed by atoms with E-state index in [4.69, 9.17) is 0 Å². The van der Waals surface area contributed by atoms with Gasteiger partial charge in [-0.05, 0) is 44.7 Å². The molecule has 0 unspecified atom stereocenters. The lowest BCUT2D eigenvalue weighted by molar-refractivity contribution is -0.132. The van der Waals surface area contributed by atoms with Crippen LogP contribution in [0.25, 0.3) is 0 Å². The summed E-state index contributed by atoms with van der Waals surface area (Å²) >= 11 is 0. The van der Waals surface area contributed by atoms with Gasteiger partial charge in [-0.2, -0.15) is 0 Å². The second kappa shape index (κ2) is 5.67. The smallest absolute Gasteiger partial charge is 0.219 e. The molecule has 0 aliphatic carbocycles. The van der Waals surface area contributed by atoms with E-state index in [2.05, 4.69) is 10.2 Å². The second-order valence-electron chi connectivity index (χ2n) is 5.22. The fraction of sp³-hybridized carbons (Fsp3) is 0.923. The zero-order valence-corrected chi connectivity index (χ0v) is 10.4. The van der Waals surface area contributed by atoms with E-state index in [1.807, 2.05) is 0 Å². The Kier molecular flexibility index (Phi) is 4.22. The summed E-state index contributed by atoms with van der Waals surface area (Å²) in [6.45, 7) is 4.99. The Morgan fingerprint density at radius 1 is 1.12 bits per heavy atom. The molecule has 3 nitrogen and oxygen atoms in total. The van der Waals surface area contributed by atoms with Gasteiger partial charge in [0.15, 0.2) is 0 Å². The summed E-state index contributed by atoms with van der Waals surface area (Å²) in [5, 5.41) is 3.41. The largest absolute Gasteiger partial charge is 0.340 e. The molecule has 3 heteroatoms. The Hall–Kier alpha value is -0.570. The Morgan fingerprint density at radius 3 is 2.56 bits per heavy atom. The summed E-state index contributed by atoms with van der Waals surface area (Å²) in [6.07, 6.45) is 7.51. The standard InChI is InChI=1S/C13H24N2O/c1-11(16)15-10-4-2-3-5-13(15)12-6-8-14-9-7-12/h12-14H,2-10H2,1H3/t13-/m1/s1. The van der Waals surface area contributed by atoms with Crippen molar-refractivity contribution in [3.8, 4) is 0 Å². The van der Waals surface area contributed by atoms with Crippen LogP contribution in [-0.2, 0) is 4.79 Å². The van der Waals surface area contributed by atoms with Gasteiger partial charge in [0.05, 0.1) is 0 Å². The van der Waals surface area contributed by atoms with Crippen molar-refractivity contribution in [2.75, 3.05) is 19.6 Å². The van der Waals surface area contributed by atoms with Crippen molar-refractivity contribution in [2.45, 2.75) is 51.5 Å². The quantitative estimate of drug-likeness (QED) is 0.736. The molecule has 0 aromatic heterocycles. The fourth-order valence-corrected chi connectivity index (χ4v) is 3.24. The van der Waals surface area contributed by atoms with Gasteiger partial charge in [0.2, 0.25) is 5.91 Å². The summed E-state index contributed by atoms with van der Waals surface area (Å²) in [7, 11) is 0. The molecular formula is C13H24N2O. The molecule has 0 saturated carbocycles. The molecule has 0 radical (unpaired) electrons. The molecule has 2 heterocycles. The van der Waals surface area contributed by atoms with Crippen LogP contribution in [-0.4, -0.2) is 36.5 Å². The minimum atomic E-state index is 0.283. The van der Waals surface area contributed by atoms with Gasteiger partial charge in [0, 0.05) is 19.5 Å². The van der Waals surface area contributed by atoms with Crippen LogP contribution in [0.3, 0.4) is 0 Å². The molecule has 0 spiro atoms. The van der Waals surface area contributed by atoms with Crippen LogP contribution in [0.15, 0.2) is 0 Å². The number of nitrogens with one attached hydrogen (secondary N) is 1. The molecule has 92 valence electrons. The molecule has 1 amide bonds. The maximum absolute atomic E-state index is 11.7. The van der Waals surface area contributed by atoms with Crippen LogP contribution in [0.5, 0.6) is 0 Å². The molecule has 0 aromatic rings. The lowest BCUT2D eigenvalue weighted by Gasteiger charge is -2.37.